The molecule has 0 amide bonds. The lowest BCUT2D eigenvalue weighted by molar-refractivity contribution is 0.498. The fraction of sp³-hybridized carbons (Fsp3) is 0.185. The number of hydrogen-bond donors (Lipinski definition) is 0. The molecule has 0 aliphatic rings. The zero-order valence-electron chi connectivity index (χ0n) is 17.2. The largest absolute Gasteiger partial charge is 0.204 e. The highest BCUT2D eigenvalue weighted by atomic mass is 19.2. The molecule has 0 heterocycles. The van der Waals surface area contributed by atoms with Crippen molar-refractivity contribution in [2.45, 2.75) is 32.6 Å². The topological polar surface area (TPSA) is 0 Å². The minimum Gasteiger partial charge on any atom is -0.204 e. The molecular weight excluding hydrogens is 400 g/mol. The van der Waals surface area contributed by atoms with Gasteiger partial charge in [-0.2, -0.15) is 0 Å². The first-order valence-corrected chi connectivity index (χ1v) is 10.4. The first-order chi connectivity index (χ1) is 15.0. The molecule has 158 valence electrons. The van der Waals surface area contributed by atoms with Gasteiger partial charge in [0.25, 0.3) is 0 Å². The maximum absolute atomic E-state index is 14.8. The Labute approximate surface area is 179 Å². The summed E-state index contributed by atoms with van der Waals surface area (Å²) in [5.74, 6) is -3.39. The molecule has 0 nitrogen and oxygen atoms in total. The number of fused-ring (bicyclic) bond motifs is 1. The molecule has 0 radical (unpaired) electrons. The van der Waals surface area contributed by atoms with Gasteiger partial charge in [0.15, 0.2) is 23.3 Å². The van der Waals surface area contributed by atoms with Crippen LogP contribution in [0.2, 0.25) is 0 Å². The van der Waals surface area contributed by atoms with Crippen molar-refractivity contribution >= 4 is 10.8 Å². The third-order valence-corrected chi connectivity index (χ3v) is 5.62. The van der Waals surface area contributed by atoms with Crippen LogP contribution >= 0.6 is 0 Å². The minimum absolute atomic E-state index is 0.225. The van der Waals surface area contributed by atoms with Crippen LogP contribution in [0, 0.1) is 23.3 Å². The van der Waals surface area contributed by atoms with E-state index in [0.29, 0.717) is 23.1 Å². The molecule has 0 atom stereocenters. The van der Waals surface area contributed by atoms with E-state index in [-0.39, 0.29) is 5.56 Å². The summed E-state index contributed by atoms with van der Waals surface area (Å²) in [6.07, 6.45) is 3.38. The average Bonchev–Trinajstić information content (AvgIpc) is 2.78. The molecule has 31 heavy (non-hydrogen) atoms. The maximum atomic E-state index is 14.8. The number of halogens is 4. The zero-order valence-corrected chi connectivity index (χ0v) is 17.2. The van der Waals surface area contributed by atoms with Gasteiger partial charge in [-0.1, -0.05) is 62.2 Å². The molecule has 4 rings (SSSR count). The Morgan fingerprint density at radius 3 is 1.94 bits per heavy atom. The summed E-state index contributed by atoms with van der Waals surface area (Å²) in [5, 5.41) is 1.71. The van der Waals surface area contributed by atoms with Gasteiger partial charge < -0.3 is 0 Å². The lowest BCUT2D eigenvalue weighted by Crippen LogP contribution is -1.97. The molecule has 0 spiro atoms. The van der Waals surface area contributed by atoms with Crippen LogP contribution in [0.1, 0.15) is 31.7 Å². The van der Waals surface area contributed by atoms with Crippen LogP contribution in [-0.4, -0.2) is 0 Å². The summed E-state index contributed by atoms with van der Waals surface area (Å²) < 4.78 is 56.1. The van der Waals surface area contributed by atoms with E-state index in [1.165, 1.54) is 6.07 Å². The fourth-order valence-corrected chi connectivity index (χ4v) is 3.84. The Bertz CT molecular complexity index is 1240. The standard InChI is InChI=1S/C27H22F4/c1-2-3-4-5-17-10-12-23(27(31)26(17)30)22-9-8-18-14-19(6-7-20(18)15-22)21-11-13-24(28)25(29)16-21/h6-16H,2-5H2,1H3. The van der Waals surface area contributed by atoms with Crippen molar-refractivity contribution < 1.29 is 17.6 Å². The third kappa shape index (κ3) is 4.34. The van der Waals surface area contributed by atoms with Crippen molar-refractivity contribution in [2.75, 3.05) is 0 Å². The summed E-state index contributed by atoms with van der Waals surface area (Å²) in [6, 6.07) is 17.9. The van der Waals surface area contributed by atoms with E-state index in [1.807, 2.05) is 18.2 Å². The normalized spacial score (nSPS) is 11.3. The van der Waals surface area contributed by atoms with Crippen LogP contribution in [-0.2, 0) is 6.42 Å². The van der Waals surface area contributed by atoms with Crippen LogP contribution in [0.15, 0.2) is 66.7 Å². The van der Waals surface area contributed by atoms with Gasteiger partial charge >= 0.3 is 0 Å². The molecule has 0 saturated carbocycles. The molecule has 0 unspecified atom stereocenters. The van der Waals surface area contributed by atoms with Crippen LogP contribution < -0.4 is 0 Å². The van der Waals surface area contributed by atoms with Crippen molar-refractivity contribution in [3.8, 4) is 22.3 Å². The summed E-state index contributed by atoms with van der Waals surface area (Å²) in [6.45, 7) is 2.07. The van der Waals surface area contributed by atoms with E-state index in [9.17, 15) is 17.6 Å². The lowest BCUT2D eigenvalue weighted by Gasteiger charge is -2.10. The van der Waals surface area contributed by atoms with Gasteiger partial charge in [0.05, 0.1) is 0 Å². The van der Waals surface area contributed by atoms with Crippen molar-refractivity contribution in [2.24, 2.45) is 0 Å². The smallest absolute Gasteiger partial charge is 0.166 e. The Morgan fingerprint density at radius 1 is 0.581 bits per heavy atom. The van der Waals surface area contributed by atoms with E-state index in [0.717, 1.165) is 47.7 Å². The molecule has 0 bridgehead atoms. The van der Waals surface area contributed by atoms with Crippen molar-refractivity contribution in [3.05, 3.63) is 95.6 Å². The molecular formula is C27H22F4. The lowest BCUT2D eigenvalue weighted by atomic mass is 9.96. The van der Waals surface area contributed by atoms with Gasteiger partial charge in [0, 0.05) is 5.56 Å². The van der Waals surface area contributed by atoms with Crippen molar-refractivity contribution in [3.63, 3.8) is 0 Å². The Balaban J connectivity index is 1.67. The quantitative estimate of drug-likeness (QED) is 0.216. The molecule has 4 aromatic carbocycles. The first-order valence-electron chi connectivity index (χ1n) is 10.4. The predicted octanol–water partition coefficient (Wildman–Crippen LogP) is 8.46. The number of benzene rings is 4. The first kappa shape index (κ1) is 21.1. The van der Waals surface area contributed by atoms with E-state index in [4.69, 9.17) is 0 Å². The van der Waals surface area contributed by atoms with E-state index in [1.54, 1.807) is 30.3 Å². The minimum atomic E-state index is -0.899. The highest BCUT2D eigenvalue weighted by molar-refractivity contribution is 5.90. The number of aryl methyl sites for hydroxylation is 1. The summed E-state index contributed by atoms with van der Waals surface area (Å²) in [5.41, 5.74) is 2.53. The fourth-order valence-electron chi connectivity index (χ4n) is 3.84. The molecule has 0 aromatic heterocycles. The Morgan fingerprint density at radius 2 is 1.23 bits per heavy atom. The van der Waals surface area contributed by atoms with Gasteiger partial charge in [-0.25, -0.2) is 17.6 Å². The van der Waals surface area contributed by atoms with Gasteiger partial charge in [-0.15, -0.1) is 0 Å². The SMILES string of the molecule is CCCCCc1ccc(-c2ccc3cc(-c4ccc(F)c(F)c4)ccc3c2)c(F)c1F. The second-order valence-electron chi connectivity index (χ2n) is 7.76. The molecule has 4 aromatic rings. The zero-order chi connectivity index (χ0) is 22.0. The molecule has 0 fully saturated rings. The van der Waals surface area contributed by atoms with Crippen LogP contribution in [0.4, 0.5) is 17.6 Å². The van der Waals surface area contributed by atoms with Crippen molar-refractivity contribution in [1.29, 1.82) is 0 Å². The number of rotatable bonds is 6. The second kappa shape index (κ2) is 8.93. The highest BCUT2D eigenvalue weighted by Gasteiger charge is 2.15. The average molecular weight is 422 g/mol. The van der Waals surface area contributed by atoms with Crippen LogP contribution in [0.25, 0.3) is 33.0 Å². The molecule has 0 aliphatic carbocycles. The number of unbranched alkanes of at least 4 members (excludes halogenated alkanes) is 2. The summed E-state index contributed by atoms with van der Waals surface area (Å²) in [7, 11) is 0. The Hall–Kier alpha value is -3.14. The van der Waals surface area contributed by atoms with Gasteiger partial charge in [0.2, 0.25) is 0 Å². The van der Waals surface area contributed by atoms with E-state index >= 15 is 0 Å². The predicted molar refractivity (Wildman–Crippen MR) is 118 cm³/mol. The van der Waals surface area contributed by atoms with Crippen LogP contribution in [0.5, 0.6) is 0 Å². The molecule has 0 N–H and O–H groups in total. The van der Waals surface area contributed by atoms with Gasteiger partial charge in [0.1, 0.15) is 0 Å². The summed E-state index contributed by atoms with van der Waals surface area (Å²) >= 11 is 0. The highest BCUT2D eigenvalue weighted by Crippen LogP contribution is 2.32. The second-order valence-corrected chi connectivity index (χ2v) is 7.76. The summed E-state index contributed by atoms with van der Waals surface area (Å²) in [4.78, 5) is 0. The Kier molecular flexibility index (Phi) is 6.08. The molecule has 0 saturated heterocycles. The van der Waals surface area contributed by atoms with Gasteiger partial charge in [-0.05, 0) is 70.1 Å². The molecule has 0 aliphatic heterocycles. The number of hydrogen-bond acceptors (Lipinski definition) is 0. The van der Waals surface area contributed by atoms with Crippen molar-refractivity contribution in [1.82, 2.24) is 0 Å². The maximum Gasteiger partial charge on any atom is 0.166 e. The van der Waals surface area contributed by atoms with E-state index in [2.05, 4.69) is 6.92 Å². The van der Waals surface area contributed by atoms with Crippen LogP contribution in [0.3, 0.4) is 0 Å². The van der Waals surface area contributed by atoms with Gasteiger partial charge in [-0.3, -0.25) is 0 Å². The van der Waals surface area contributed by atoms with E-state index < -0.39 is 23.3 Å². The third-order valence-electron chi connectivity index (χ3n) is 5.62. The molecule has 4 heteroatoms. The monoisotopic (exact) mass is 422 g/mol.